The molecule has 0 aromatic rings. The molecule has 0 unspecified atom stereocenters. The molecule has 1 nitrogen and oxygen atoms in total. The fourth-order valence-corrected chi connectivity index (χ4v) is 2.03. The molecule has 0 bridgehead atoms. The highest BCUT2D eigenvalue weighted by Gasteiger charge is 2.07. The van der Waals surface area contributed by atoms with E-state index < -0.39 is 0 Å². The molecule has 0 radical (unpaired) electrons. The Bertz CT molecular complexity index is 238. The molecule has 1 rings (SSSR count). The molecule has 1 aliphatic rings. The molecule has 0 fully saturated rings. The van der Waals surface area contributed by atoms with Gasteiger partial charge in [0.2, 0.25) is 0 Å². The zero-order valence-corrected chi connectivity index (χ0v) is 9.74. The maximum atomic E-state index is 10.9. The Morgan fingerprint density at radius 2 is 2.27 bits per heavy atom. The molecule has 1 atom stereocenters. The van der Waals surface area contributed by atoms with Crippen LogP contribution >= 0.6 is 0 Å². The summed E-state index contributed by atoms with van der Waals surface area (Å²) in [6.45, 7) is 2.19. The van der Waals surface area contributed by atoms with Gasteiger partial charge in [-0.15, -0.1) is 0 Å². The highest BCUT2D eigenvalue weighted by molar-refractivity contribution is 5.73. The first-order chi connectivity index (χ1) is 7.36. The summed E-state index contributed by atoms with van der Waals surface area (Å²) >= 11 is 0. The molecule has 0 saturated carbocycles. The molecule has 1 aliphatic carbocycles. The smallest absolute Gasteiger partial charge is 0.145 e. The third-order valence-corrected chi connectivity index (χ3v) is 2.98. The first-order valence-corrected chi connectivity index (χ1v) is 6.17. The average Bonchev–Trinajstić information content (AvgIpc) is 2.29. The monoisotopic (exact) mass is 206 g/mol. The van der Waals surface area contributed by atoms with E-state index in [4.69, 9.17) is 0 Å². The van der Waals surface area contributed by atoms with Crippen LogP contribution < -0.4 is 0 Å². The van der Waals surface area contributed by atoms with E-state index in [0.29, 0.717) is 5.92 Å². The van der Waals surface area contributed by atoms with Crippen molar-refractivity contribution in [3.8, 4) is 0 Å². The van der Waals surface area contributed by atoms with Crippen LogP contribution in [0.3, 0.4) is 0 Å². The lowest BCUT2D eigenvalue weighted by Gasteiger charge is -2.14. The fourth-order valence-electron chi connectivity index (χ4n) is 2.03. The maximum Gasteiger partial charge on any atom is 0.145 e. The Hall–Kier alpha value is -0.850. The third-order valence-electron chi connectivity index (χ3n) is 2.98. The van der Waals surface area contributed by atoms with Gasteiger partial charge >= 0.3 is 0 Å². The number of carbonyl (C=O) groups is 1. The Morgan fingerprint density at radius 3 is 2.87 bits per heavy atom. The van der Waals surface area contributed by atoms with Crippen LogP contribution in [0.1, 0.15) is 51.9 Å². The zero-order valence-electron chi connectivity index (χ0n) is 9.74. The molecule has 1 heteroatoms. The predicted octanol–water partition coefficient (Wildman–Crippen LogP) is 4.05. The molecule has 0 aromatic heterocycles. The number of aldehydes is 1. The summed E-state index contributed by atoms with van der Waals surface area (Å²) in [6.07, 6.45) is 15.8. The quantitative estimate of drug-likeness (QED) is 0.277. The van der Waals surface area contributed by atoms with Gasteiger partial charge in [-0.3, -0.25) is 4.79 Å². The number of unbranched alkanes of at least 4 members (excludes halogenated alkanes) is 2. The van der Waals surface area contributed by atoms with E-state index in [1.54, 1.807) is 0 Å². The lowest BCUT2D eigenvalue weighted by atomic mass is 9.91. The highest BCUT2D eigenvalue weighted by atomic mass is 16.1. The fraction of sp³-hybridized carbons (Fsp3) is 0.643. The van der Waals surface area contributed by atoms with Crippen molar-refractivity contribution in [2.45, 2.75) is 51.9 Å². The van der Waals surface area contributed by atoms with Gasteiger partial charge in [0.05, 0.1) is 0 Å². The number of rotatable bonds is 6. The molecular weight excluding hydrogens is 184 g/mol. The minimum atomic E-state index is 0.608. The minimum absolute atomic E-state index is 0.608. The third kappa shape index (κ3) is 4.96. The molecule has 0 amide bonds. The molecule has 0 N–H and O–H groups in total. The van der Waals surface area contributed by atoms with Gasteiger partial charge in [0, 0.05) is 0 Å². The summed E-state index contributed by atoms with van der Waals surface area (Å²) in [4.78, 5) is 10.9. The van der Waals surface area contributed by atoms with Crippen molar-refractivity contribution in [1.82, 2.24) is 0 Å². The predicted molar refractivity (Wildman–Crippen MR) is 64.8 cm³/mol. The first kappa shape index (κ1) is 12.2. The van der Waals surface area contributed by atoms with Crippen molar-refractivity contribution in [2.75, 3.05) is 0 Å². The second-order valence-corrected chi connectivity index (χ2v) is 4.36. The summed E-state index contributed by atoms with van der Waals surface area (Å²) in [6, 6.07) is 0. The van der Waals surface area contributed by atoms with E-state index >= 15 is 0 Å². The van der Waals surface area contributed by atoms with E-state index in [1.807, 2.05) is 0 Å². The summed E-state index contributed by atoms with van der Waals surface area (Å²) in [7, 11) is 0. The van der Waals surface area contributed by atoms with E-state index in [2.05, 4.69) is 25.2 Å². The van der Waals surface area contributed by atoms with Crippen molar-refractivity contribution < 1.29 is 4.79 Å². The van der Waals surface area contributed by atoms with Crippen molar-refractivity contribution in [3.63, 3.8) is 0 Å². The Kier molecular flexibility index (Phi) is 6.06. The second kappa shape index (κ2) is 7.44. The summed E-state index contributed by atoms with van der Waals surface area (Å²) in [5.41, 5.74) is 1.02. The van der Waals surface area contributed by atoms with Crippen molar-refractivity contribution in [3.05, 3.63) is 23.8 Å². The van der Waals surface area contributed by atoms with Gasteiger partial charge in [-0.25, -0.2) is 0 Å². The average molecular weight is 206 g/mol. The Balaban J connectivity index is 2.38. The number of allylic oxidation sites excluding steroid dienone is 4. The first-order valence-electron chi connectivity index (χ1n) is 6.17. The lowest BCUT2D eigenvalue weighted by molar-refractivity contribution is -0.105. The largest absolute Gasteiger partial charge is 0.298 e. The standard InChI is InChI=1S/C14H22O/c1-2-3-5-10-14(12-15)11-13-8-6-4-7-9-13/h4,6,11-13H,2-3,5,7-10H2,1H3/b14-11-/t13-/m0/s1. The van der Waals surface area contributed by atoms with E-state index in [9.17, 15) is 4.79 Å². The van der Waals surface area contributed by atoms with Crippen LogP contribution in [0.15, 0.2) is 23.8 Å². The van der Waals surface area contributed by atoms with Crippen LogP contribution in [0.5, 0.6) is 0 Å². The molecule has 0 aliphatic heterocycles. The normalized spacial score (nSPS) is 21.7. The number of carbonyl (C=O) groups excluding carboxylic acids is 1. The maximum absolute atomic E-state index is 10.9. The molecule has 0 heterocycles. The molecule has 84 valence electrons. The van der Waals surface area contributed by atoms with E-state index in [-0.39, 0.29) is 0 Å². The zero-order chi connectivity index (χ0) is 10.9. The van der Waals surface area contributed by atoms with Crippen LogP contribution in [0.4, 0.5) is 0 Å². The van der Waals surface area contributed by atoms with Crippen LogP contribution in [-0.2, 0) is 4.79 Å². The van der Waals surface area contributed by atoms with Crippen molar-refractivity contribution >= 4 is 6.29 Å². The molecule has 0 saturated heterocycles. The minimum Gasteiger partial charge on any atom is -0.298 e. The van der Waals surface area contributed by atoms with Crippen molar-refractivity contribution in [1.29, 1.82) is 0 Å². The highest BCUT2D eigenvalue weighted by Crippen LogP contribution is 2.21. The molecular formula is C14H22O. The van der Waals surface area contributed by atoms with Crippen LogP contribution in [0.2, 0.25) is 0 Å². The van der Waals surface area contributed by atoms with Gasteiger partial charge in [-0.1, -0.05) is 38.0 Å². The summed E-state index contributed by atoms with van der Waals surface area (Å²) < 4.78 is 0. The van der Waals surface area contributed by atoms with Gasteiger partial charge in [-0.05, 0) is 43.6 Å². The lowest BCUT2D eigenvalue weighted by Crippen LogP contribution is -2.01. The van der Waals surface area contributed by atoms with Crippen LogP contribution in [0, 0.1) is 5.92 Å². The summed E-state index contributed by atoms with van der Waals surface area (Å²) in [5.74, 6) is 0.608. The SMILES string of the molecule is CCCCC/C(C=O)=C/[C@H]1CC=CCC1. The summed E-state index contributed by atoms with van der Waals surface area (Å²) in [5, 5.41) is 0. The van der Waals surface area contributed by atoms with Gasteiger partial charge < -0.3 is 0 Å². The van der Waals surface area contributed by atoms with Gasteiger partial charge in [-0.2, -0.15) is 0 Å². The van der Waals surface area contributed by atoms with E-state index in [1.165, 1.54) is 25.7 Å². The van der Waals surface area contributed by atoms with Gasteiger partial charge in [0.1, 0.15) is 6.29 Å². The topological polar surface area (TPSA) is 17.1 Å². The second-order valence-electron chi connectivity index (χ2n) is 4.36. The molecule has 0 spiro atoms. The van der Waals surface area contributed by atoms with Crippen LogP contribution in [-0.4, -0.2) is 6.29 Å². The molecule has 0 aromatic carbocycles. The van der Waals surface area contributed by atoms with Gasteiger partial charge in [0.15, 0.2) is 0 Å². The number of hydrogen-bond donors (Lipinski definition) is 0. The van der Waals surface area contributed by atoms with Crippen molar-refractivity contribution in [2.24, 2.45) is 5.92 Å². The van der Waals surface area contributed by atoms with Gasteiger partial charge in [0.25, 0.3) is 0 Å². The Morgan fingerprint density at radius 1 is 1.40 bits per heavy atom. The Labute approximate surface area is 93.3 Å². The van der Waals surface area contributed by atoms with E-state index in [0.717, 1.165) is 31.1 Å². The number of hydrogen-bond acceptors (Lipinski definition) is 1. The molecule has 15 heavy (non-hydrogen) atoms. The van der Waals surface area contributed by atoms with Crippen LogP contribution in [0.25, 0.3) is 0 Å².